The van der Waals surface area contributed by atoms with Gasteiger partial charge in [0.15, 0.2) is 5.65 Å². The van der Waals surface area contributed by atoms with Gasteiger partial charge in [0.2, 0.25) is 0 Å². The molecule has 0 saturated carbocycles. The van der Waals surface area contributed by atoms with Crippen LogP contribution in [0.25, 0.3) is 27.8 Å². The van der Waals surface area contributed by atoms with Gasteiger partial charge in [0.1, 0.15) is 6.33 Å². The number of aromatic amines is 1. The summed E-state index contributed by atoms with van der Waals surface area (Å²) in [6.07, 6.45) is 6.44. The number of ether oxygens (including phenoxy) is 1. The van der Waals surface area contributed by atoms with Crippen molar-refractivity contribution < 1.29 is 4.74 Å². The maximum Gasteiger partial charge on any atom is 0.163 e. The van der Waals surface area contributed by atoms with Crippen molar-refractivity contribution in [3.63, 3.8) is 0 Å². The quantitative estimate of drug-likeness (QED) is 0.471. The van der Waals surface area contributed by atoms with E-state index in [1.807, 2.05) is 4.40 Å². The number of rotatable bonds is 4. The number of benzene rings is 1. The number of H-pyrrole nitrogens is 1. The SMILES string of the molecule is Cc1c(-c2[nH]c3ccc(C4CCN(C5COC5)CC4)cc3c2C(C)C)cn2cnnc2c1C. The lowest BCUT2D eigenvalue weighted by Gasteiger charge is -2.41. The molecule has 6 heteroatoms. The van der Waals surface area contributed by atoms with E-state index in [0.717, 1.165) is 18.9 Å². The van der Waals surface area contributed by atoms with Gasteiger partial charge in [0, 0.05) is 22.7 Å². The van der Waals surface area contributed by atoms with Gasteiger partial charge in [-0.05, 0) is 86.0 Å². The lowest BCUT2D eigenvalue weighted by molar-refractivity contribution is -0.0712. The molecular formula is C27H33N5O. The Kier molecular flexibility index (Phi) is 5.03. The van der Waals surface area contributed by atoms with Crippen molar-refractivity contribution in [1.29, 1.82) is 0 Å². The molecule has 2 aliphatic heterocycles. The third-order valence-electron chi connectivity index (χ3n) is 7.99. The number of nitrogens with one attached hydrogen (secondary N) is 1. The minimum atomic E-state index is 0.417. The highest BCUT2D eigenvalue weighted by molar-refractivity contribution is 5.92. The lowest BCUT2D eigenvalue weighted by atomic mass is 9.87. The average Bonchev–Trinajstić information content (AvgIpc) is 3.39. The van der Waals surface area contributed by atoms with Crippen LogP contribution in [0.15, 0.2) is 30.7 Å². The molecule has 2 aliphatic rings. The Bertz CT molecular complexity index is 1320. The molecule has 2 saturated heterocycles. The summed E-state index contributed by atoms with van der Waals surface area (Å²) in [4.78, 5) is 6.40. The van der Waals surface area contributed by atoms with Crippen molar-refractivity contribution in [3.05, 3.63) is 53.0 Å². The van der Waals surface area contributed by atoms with E-state index in [0.29, 0.717) is 17.9 Å². The fourth-order valence-electron chi connectivity index (χ4n) is 5.79. The van der Waals surface area contributed by atoms with E-state index < -0.39 is 0 Å². The van der Waals surface area contributed by atoms with E-state index in [4.69, 9.17) is 4.74 Å². The molecule has 0 amide bonds. The Morgan fingerprint density at radius 2 is 1.88 bits per heavy atom. The molecule has 0 radical (unpaired) electrons. The topological polar surface area (TPSA) is 58.5 Å². The first kappa shape index (κ1) is 20.9. The van der Waals surface area contributed by atoms with Crippen LogP contribution in [0.4, 0.5) is 0 Å². The molecule has 3 aromatic heterocycles. The fraction of sp³-hybridized carbons (Fsp3) is 0.481. The fourth-order valence-corrected chi connectivity index (χ4v) is 5.79. The molecule has 1 N–H and O–H groups in total. The molecule has 2 fully saturated rings. The monoisotopic (exact) mass is 443 g/mol. The predicted molar refractivity (Wildman–Crippen MR) is 132 cm³/mol. The van der Waals surface area contributed by atoms with Crippen molar-refractivity contribution in [1.82, 2.24) is 24.5 Å². The summed E-state index contributed by atoms with van der Waals surface area (Å²) >= 11 is 0. The van der Waals surface area contributed by atoms with Crippen molar-refractivity contribution >= 4 is 16.6 Å². The van der Waals surface area contributed by atoms with Gasteiger partial charge in [-0.25, -0.2) is 0 Å². The molecule has 0 unspecified atom stereocenters. The standard InChI is InChI=1S/C27H33N5O/c1-16(2)25-22-11-20(19-7-9-31(10-8-19)21-13-33-14-21)5-6-24(22)29-26(25)23-12-32-15-28-30-27(32)18(4)17(23)3/h5-6,11-12,15-16,19,21,29H,7-10,13-14H2,1-4H3. The summed E-state index contributed by atoms with van der Waals surface area (Å²) in [6, 6.07) is 7.77. The van der Waals surface area contributed by atoms with E-state index in [1.54, 1.807) is 6.33 Å². The van der Waals surface area contributed by atoms with Gasteiger partial charge in [-0.2, -0.15) is 0 Å². The number of nitrogens with zero attached hydrogens (tertiary/aromatic N) is 4. The maximum absolute atomic E-state index is 5.40. The Hall–Kier alpha value is -2.70. The number of likely N-dealkylation sites (tertiary alicyclic amines) is 1. The predicted octanol–water partition coefficient (Wildman–Crippen LogP) is 5.20. The van der Waals surface area contributed by atoms with Gasteiger partial charge in [0.05, 0.1) is 24.9 Å². The zero-order chi connectivity index (χ0) is 22.7. The van der Waals surface area contributed by atoms with Gasteiger partial charge in [-0.1, -0.05) is 19.9 Å². The molecule has 0 atom stereocenters. The smallest absolute Gasteiger partial charge is 0.163 e. The van der Waals surface area contributed by atoms with Crippen LogP contribution in [0.5, 0.6) is 0 Å². The molecule has 33 heavy (non-hydrogen) atoms. The molecule has 172 valence electrons. The lowest BCUT2D eigenvalue weighted by Crippen LogP contribution is -2.51. The van der Waals surface area contributed by atoms with Gasteiger partial charge >= 0.3 is 0 Å². The molecule has 1 aromatic carbocycles. The number of pyridine rings is 1. The summed E-state index contributed by atoms with van der Waals surface area (Å²) in [5.41, 5.74) is 9.96. The third kappa shape index (κ3) is 3.39. The minimum Gasteiger partial charge on any atom is -0.378 e. The summed E-state index contributed by atoms with van der Waals surface area (Å²) in [5, 5.41) is 9.78. The second kappa shape index (κ2) is 7.96. The van der Waals surface area contributed by atoms with Crippen LogP contribution < -0.4 is 0 Å². The molecule has 6 rings (SSSR count). The Labute approximate surface area is 195 Å². The molecular weight excluding hydrogens is 410 g/mol. The highest BCUT2D eigenvalue weighted by Gasteiger charge is 2.30. The van der Waals surface area contributed by atoms with Crippen LogP contribution in [-0.2, 0) is 4.74 Å². The van der Waals surface area contributed by atoms with Crippen LogP contribution >= 0.6 is 0 Å². The number of hydrogen-bond acceptors (Lipinski definition) is 4. The van der Waals surface area contributed by atoms with Gasteiger partial charge in [0.25, 0.3) is 0 Å². The molecule has 0 bridgehead atoms. The molecule has 0 aliphatic carbocycles. The van der Waals surface area contributed by atoms with E-state index in [9.17, 15) is 0 Å². The summed E-state index contributed by atoms with van der Waals surface area (Å²) in [7, 11) is 0. The number of aryl methyl sites for hydroxylation is 1. The minimum absolute atomic E-state index is 0.417. The first-order chi connectivity index (χ1) is 16.0. The van der Waals surface area contributed by atoms with Crippen LogP contribution in [-0.4, -0.2) is 56.8 Å². The van der Waals surface area contributed by atoms with E-state index in [1.165, 1.54) is 70.3 Å². The highest BCUT2D eigenvalue weighted by atomic mass is 16.5. The second-order valence-electron chi connectivity index (χ2n) is 10.2. The average molecular weight is 444 g/mol. The van der Waals surface area contributed by atoms with Crippen molar-refractivity contribution in [2.75, 3.05) is 26.3 Å². The Morgan fingerprint density at radius 1 is 1.09 bits per heavy atom. The molecule has 5 heterocycles. The zero-order valence-electron chi connectivity index (χ0n) is 20.1. The van der Waals surface area contributed by atoms with E-state index in [2.05, 4.69) is 72.2 Å². The summed E-state index contributed by atoms with van der Waals surface area (Å²) in [5.74, 6) is 1.06. The number of aromatic nitrogens is 4. The van der Waals surface area contributed by atoms with Crippen LogP contribution in [0.3, 0.4) is 0 Å². The molecule has 6 nitrogen and oxygen atoms in total. The number of fused-ring (bicyclic) bond motifs is 2. The first-order valence-corrected chi connectivity index (χ1v) is 12.3. The maximum atomic E-state index is 5.40. The van der Waals surface area contributed by atoms with Gasteiger partial charge in [-0.15, -0.1) is 10.2 Å². The third-order valence-corrected chi connectivity index (χ3v) is 7.99. The van der Waals surface area contributed by atoms with Crippen molar-refractivity contribution in [2.45, 2.75) is 58.4 Å². The largest absolute Gasteiger partial charge is 0.378 e. The Morgan fingerprint density at radius 3 is 2.58 bits per heavy atom. The van der Waals surface area contributed by atoms with Gasteiger partial charge in [-0.3, -0.25) is 9.30 Å². The molecule has 0 spiro atoms. The molecule has 4 aromatic rings. The van der Waals surface area contributed by atoms with Crippen molar-refractivity contribution in [3.8, 4) is 11.3 Å². The van der Waals surface area contributed by atoms with Crippen molar-refractivity contribution in [2.24, 2.45) is 0 Å². The highest BCUT2D eigenvalue weighted by Crippen LogP contribution is 2.40. The number of piperidine rings is 1. The zero-order valence-corrected chi connectivity index (χ0v) is 20.1. The Balaban J connectivity index is 1.40. The number of hydrogen-bond donors (Lipinski definition) is 1. The van der Waals surface area contributed by atoms with E-state index >= 15 is 0 Å². The van der Waals surface area contributed by atoms with Crippen LogP contribution in [0.1, 0.15) is 60.8 Å². The van der Waals surface area contributed by atoms with Crippen LogP contribution in [0.2, 0.25) is 0 Å². The van der Waals surface area contributed by atoms with Crippen LogP contribution in [0, 0.1) is 13.8 Å². The normalized spacial score (nSPS) is 18.6. The summed E-state index contributed by atoms with van der Waals surface area (Å²) in [6.45, 7) is 13.1. The van der Waals surface area contributed by atoms with Gasteiger partial charge < -0.3 is 9.72 Å². The first-order valence-electron chi connectivity index (χ1n) is 12.3. The summed E-state index contributed by atoms with van der Waals surface area (Å²) < 4.78 is 7.44. The second-order valence-corrected chi connectivity index (χ2v) is 10.2. The van der Waals surface area contributed by atoms with E-state index in [-0.39, 0.29) is 0 Å².